The second kappa shape index (κ2) is 4.91. The first-order chi connectivity index (χ1) is 8.93. The summed E-state index contributed by atoms with van der Waals surface area (Å²) in [4.78, 5) is 24.4. The molecule has 1 fully saturated rings. The highest BCUT2D eigenvalue weighted by Crippen LogP contribution is 2.41. The van der Waals surface area contributed by atoms with Crippen LogP contribution in [-0.2, 0) is 9.59 Å². The molecule has 5 nitrogen and oxygen atoms in total. The van der Waals surface area contributed by atoms with Gasteiger partial charge >= 0.3 is 5.97 Å². The maximum Gasteiger partial charge on any atom is 0.307 e. The number of hydrogen-bond acceptors (Lipinski definition) is 3. The zero-order valence-corrected chi connectivity index (χ0v) is 10.9. The summed E-state index contributed by atoms with van der Waals surface area (Å²) in [7, 11) is 1.64. The van der Waals surface area contributed by atoms with Crippen molar-refractivity contribution in [2.45, 2.75) is 19.4 Å². The zero-order chi connectivity index (χ0) is 14.2. The van der Waals surface area contributed by atoms with E-state index in [9.17, 15) is 14.7 Å². The van der Waals surface area contributed by atoms with Crippen LogP contribution in [-0.4, -0.2) is 34.0 Å². The normalized spacial score (nSPS) is 22.6. The molecule has 1 aliphatic rings. The minimum Gasteiger partial charge on any atom is -0.508 e. The van der Waals surface area contributed by atoms with Gasteiger partial charge in [-0.2, -0.15) is 0 Å². The van der Waals surface area contributed by atoms with E-state index in [0.29, 0.717) is 12.0 Å². The number of hydrogen-bond donors (Lipinski definition) is 2. The van der Waals surface area contributed by atoms with Crippen molar-refractivity contribution in [3.05, 3.63) is 29.8 Å². The van der Waals surface area contributed by atoms with Gasteiger partial charge in [0.2, 0.25) is 5.91 Å². The molecular weight excluding hydrogens is 246 g/mol. The zero-order valence-electron chi connectivity index (χ0n) is 10.9. The summed E-state index contributed by atoms with van der Waals surface area (Å²) in [6.07, 6.45) is 0.409. The first-order valence-electron chi connectivity index (χ1n) is 6.21. The van der Waals surface area contributed by atoms with Crippen molar-refractivity contribution in [2.75, 3.05) is 7.05 Å². The number of phenolic OH excluding ortho intramolecular Hbond substituents is 1. The summed E-state index contributed by atoms with van der Waals surface area (Å²) in [5.41, 5.74) is 0.658. The molecule has 0 aromatic heterocycles. The average molecular weight is 263 g/mol. The molecule has 0 bridgehead atoms. The molecule has 2 N–H and O–H groups in total. The van der Waals surface area contributed by atoms with Crippen molar-refractivity contribution >= 4 is 11.9 Å². The number of aliphatic carboxylic acids is 1. The summed E-state index contributed by atoms with van der Waals surface area (Å²) in [5.74, 6) is -1.92. The average Bonchev–Trinajstić information content (AvgIpc) is 3.17. The van der Waals surface area contributed by atoms with Crippen LogP contribution in [0.1, 0.15) is 24.9 Å². The van der Waals surface area contributed by atoms with Gasteiger partial charge in [-0.25, -0.2) is 0 Å². The van der Waals surface area contributed by atoms with Crippen molar-refractivity contribution < 1.29 is 19.8 Å². The molecule has 1 aromatic rings. The lowest BCUT2D eigenvalue weighted by Crippen LogP contribution is -2.31. The Hall–Kier alpha value is -2.04. The van der Waals surface area contributed by atoms with Crippen molar-refractivity contribution in [2.24, 2.45) is 11.8 Å². The summed E-state index contributed by atoms with van der Waals surface area (Å²) < 4.78 is 0. The van der Waals surface area contributed by atoms with Gasteiger partial charge in [-0.3, -0.25) is 9.59 Å². The van der Waals surface area contributed by atoms with Crippen LogP contribution < -0.4 is 0 Å². The topological polar surface area (TPSA) is 77.8 Å². The first kappa shape index (κ1) is 13.4. The Kier molecular flexibility index (Phi) is 3.46. The minimum absolute atomic E-state index is 0.139. The number of para-hydroxylation sites is 1. The Morgan fingerprint density at radius 2 is 1.95 bits per heavy atom. The van der Waals surface area contributed by atoms with E-state index in [1.165, 1.54) is 4.90 Å². The molecular formula is C14H17NO4. The number of nitrogens with zero attached hydrogens (tertiary/aromatic N) is 1. The van der Waals surface area contributed by atoms with E-state index < -0.39 is 17.8 Å². The molecule has 2 rings (SSSR count). The van der Waals surface area contributed by atoms with Crippen LogP contribution in [0.2, 0.25) is 0 Å². The molecule has 102 valence electrons. The van der Waals surface area contributed by atoms with Gasteiger partial charge in [-0.1, -0.05) is 18.2 Å². The third-order valence-corrected chi connectivity index (χ3v) is 3.74. The predicted molar refractivity (Wildman–Crippen MR) is 68.5 cm³/mol. The van der Waals surface area contributed by atoms with E-state index in [2.05, 4.69) is 0 Å². The second-order valence-corrected chi connectivity index (χ2v) is 4.97. The number of carbonyl (C=O) groups is 2. The van der Waals surface area contributed by atoms with Gasteiger partial charge in [0.1, 0.15) is 5.75 Å². The van der Waals surface area contributed by atoms with Crippen molar-refractivity contribution in [3.63, 3.8) is 0 Å². The van der Waals surface area contributed by atoms with Gasteiger partial charge < -0.3 is 15.1 Å². The molecule has 3 unspecified atom stereocenters. The highest BCUT2D eigenvalue weighted by molar-refractivity contribution is 5.89. The van der Waals surface area contributed by atoms with Gasteiger partial charge in [0.15, 0.2) is 0 Å². The van der Waals surface area contributed by atoms with E-state index in [1.807, 2.05) is 6.92 Å². The molecule has 3 atom stereocenters. The van der Waals surface area contributed by atoms with Crippen molar-refractivity contribution in [1.82, 2.24) is 4.90 Å². The molecule has 0 aliphatic heterocycles. The monoisotopic (exact) mass is 263 g/mol. The number of carboxylic acids is 1. The maximum atomic E-state index is 12.1. The first-order valence-corrected chi connectivity index (χ1v) is 6.21. The number of carboxylic acid groups (broad SMARTS) is 1. The van der Waals surface area contributed by atoms with Gasteiger partial charge in [0, 0.05) is 12.6 Å². The molecule has 1 saturated carbocycles. The van der Waals surface area contributed by atoms with Crippen molar-refractivity contribution in [3.8, 4) is 5.75 Å². The van der Waals surface area contributed by atoms with Gasteiger partial charge in [-0.15, -0.1) is 0 Å². The molecule has 0 saturated heterocycles. The van der Waals surface area contributed by atoms with E-state index in [0.717, 1.165) is 0 Å². The van der Waals surface area contributed by atoms with Crippen LogP contribution in [0.3, 0.4) is 0 Å². The highest BCUT2D eigenvalue weighted by atomic mass is 16.4. The van der Waals surface area contributed by atoms with Crippen molar-refractivity contribution in [1.29, 1.82) is 0 Å². The molecule has 0 spiro atoms. The van der Waals surface area contributed by atoms with Crippen LogP contribution in [0.4, 0.5) is 0 Å². The van der Waals surface area contributed by atoms with E-state index in [4.69, 9.17) is 5.11 Å². The molecule has 1 aliphatic carbocycles. The number of aromatic hydroxyl groups is 1. The lowest BCUT2D eigenvalue weighted by Gasteiger charge is -2.26. The molecule has 1 aromatic carbocycles. The fourth-order valence-electron chi connectivity index (χ4n) is 2.24. The van der Waals surface area contributed by atoms with Crippen LogP contribution in [0, 0.1) is 11.8 Å². The quantitative estimate of drug-likeness (QED) is 0.865. The van der Waals surface area contributed by atoms with Gasteiger partial charge in [0.25, 0.3) is 0 Å². The minimum atomic E-state index is -0.915. The lowest BCUT2D eigenvalue weighted by molar-refractivity contribution is -0.142. The highest BCUT2D eigenvalue weighted by Gasteiger charge is 2.49. The van der Waals surface area contributed by atoms with Crippen LogP contribution in [0.15, 0.2) is 24.3 Å². The Bertz CT molecular complexity index is 514. The Balaban J connectivity index is 2.08. The van der Waals surface area contributed by atoms with E-state index in [1.54, 1.807) is 31.3 Å². The fourth-order valence-corrected chi connectivity index (χ4v) is 2.24. The molecule has 5 heteroatoms. The standard InChI is InChI=1S/C14H17NO4/c1-8(9-5-3-4-6-12(9)16)15(2)13(17)10-7-11(10)14(18)19/h3-6,8,10-11,16H,7H2,1-2H3,(H,18,19). The Labute approximate surface area is 111 Å². The number of benzene rings is 1. The lowest BCUT2D eigenvalue weighted by atomic mass is 10.1. The van der Waals surface area contributed by atoms with Crippen LogP contribution >= 0.6 is 0 Å². The van der Waals surface area contributed by atoms with Crippen LogP contribution in [0.25, 0.3) is 0 Å². The molecule has 0 heterocycles. The van der Waals surface area contributed by atoms with Gasteiger partial charge in [0.05, 0.1) is 17.9 Å². The molecule has 19 heavy (non-hydrogen) atoms. The van der Waals surface area contributed by atoms with Gasteiger partial charge in [-0.05, 0) is 19.4 Å². The smallest absolute Gasteiger partial charge is 0.307 e. The third-order valence-electron chi connectivity index (χ3n) is 3.74. The number of amides is 1. The molecule has 0 radical (unpaired) electrons. The largest absolute Gasteiger partial charge is 0.508 e. The van der Waals surface area contributed by atoms with Crippen LogP contribution in [0.5, 0.6) is 5.75 Å². The number of carbonyl (C=O) groups excluding carboxylic acids is 1. The van der Waals surface area contributed by atoms with E-state index in [-0.39, 0.29) is 17.7 Å². The Morgan fingerprint density at radius 3 is 2.47 bits per heavy atom. The third kappa shape index (κ3) is 2.54. The molecule has 1 amide bonds. The summed E-state index contributed by atoms with van der Waals surface area (Å²) >= 11 is 0. The summed E-state index contributed by atoms with van der Waals surface area (Å²) in [6.45, 7) is 1.81. The second-order valence-electron chi connectivity index (χ2n) is 4.97. The summed E-state index contributed by atoms with van der Waals surface area (Å²) in [5, 5.41) is 18.6. The maximum absolute atomic E-state index is 12.1. The number of phenols is 1. The SMILES string of the molecule is CC(c1ccccc1O)N(C)C(=O)C1CC1C(=O)O. The number of rotatable bonds is 4. The predicted octanol–water partition coefficient (Wildman–Crippen LogP) is 1.63. The Morgan fingerprint density at radius 1 is 1.32 bits per heavy atom. The fraction of sp³-hybridized carbons (Fsp3) is 0.429. The van der Waals surface area contributed by atoms with E-state index >= 15 is 0 Å². The summed E-state index contributed by atoms with van der Waals surface area (Å²) in [6, 6.07) is 6.55.